The van der Waals surface area contributed by atoms with E-state index in [0.717, 1.165) is 11.3 Å². The second kappa shape index (κ2) is 5.87. The molecule has 0 aliphatic rings. The first-order valence-corrected chi connectivity index (χ1v) is 6.84. The van der Waals surface area contributed by atoms with Crippen molar-refractivity contribution >= 4 is 17.3 Å². The minimum Gasteiger partial charge on any atom is -0.398 e. The molecule has 0 fully saturated rings. The number of rotatable bonds is 4. The number of primary amides is 1. The van der Waals surface area contributed by atoms with Crippen LogP contribution in [0, 0.1) is 13.8 Å². The molecule has 0 bridgehead atoms. The summed E-state index contributed by atoms with van der Waals surface area (Å²) in [5.41, 5.74) is 16.9. The highest BCUT2D eigenvalue weighted by molar-refractivity contribution is 5.93. The number of nitrogens with two attached hydrogens (primary N) is 2. The van der Waals surface area contributed by atoms with Gasteiger partial charge in [0, 0.05) is 30.5 Å². The number of benzene rings is 2. The Kier molecular flexibility index (Phi) is 4.17. The molecule has 1 amide bonds. The Balaban J connectivity index is 2.23. The molecule has 4 heteroatoms. The van der Waals surface area contributed by atoms with Crippen molar-refractivity contribution < 1.29 is 4.79 Å². The molecule has 4 N–H and O–H groups in total. The monoisotopic (exact) mass is 283 g/mol. The molecule has 0 saturated carbocycles. The first kappa shape index (κ1) is 14.9. The summed E-state index contributed by atoms with van der Waals surface area (Å²) < 4.78 is 0. The summed E-state index contributed by atoms with van der Waals surface area (Å²) >= 11 is 0. The van der Waals surface area contributed by atoms with Gasteiger partial charge in [-0.25, -0.2) is 0 Å². The van der Waals surface area contributed by atoms with Crippen molar-refractivity contribution in [1.29, 1.82) is 0 Å². The van der Waals surface area contributed by atoms with Gasteiger partial charge >= 0.3 is 0 Å². The third-order valence-corrected chi connectivity index (χ3v) is 3.49. The summed E-state index contributed by atoms with van der Waals surface area (Å²) in [5.74, 6) is -0.462. The third kappa shape index (κ3) is 3.54. The van der Waals surface area contributed by atoms with E-state index in [1.54, 1.807) is 12.1 Å². The number of nitrogens with zero attached hydrogens (tertiary/aromatic N) is 1. The van der Waals surface area contributed by atoms with Crippen LogP contribution in [-0.2, 0) is 6.54 Å². The Bertz CT molecular complexity index is 659. The van der Waals surface area contributed by atoms with E-state index >= 15 is 0 Å². The van der Waals surface area contributed by atoms with Crippen LogP contribution in [0.3, 0.4) is 0 Å². The summed E-state index contributed by atoms with van der Waals surface area (Å²) in [5, 5.41) is 0. The Morgan fingerprint density at radius 2 is 1.71 bits per heavy atom. The number of aryl methyl sites for hydroxylation is 2. The maximum atomic E-state index is 11.1. The molecule has 4 nitrogen and oxygen atoms in total. The fraction of sp³-hybridized carbons (Fsp3) is 0.235. The van der Waals surface area contributed by atoms with Crippen LogP contribution in [0.5, 0.6) is 0 Å². The van der Waals surface area contributed by atoms with Gasteiger partial charge in [0.25, 0.3) is 0 Å². The number of hydrogen-bond acceptors (Lipinski definition) is 3. The number of carbonyl (C=O) groups is 1. The van der Waals surface area contributed by atoms with E-state index in [2.05, 4.69) is 36.9 Å². The topological polar surface area (TPSA) is 72.3 Å². The van der Waals surface area contributed by atoms with Crippen LogP contribution >= 0.6 is 0 Å². The van der Waals surface area contributed by atoms with Crippen LogP contribution in [0.15, 0.2) is 36.4 Å². The quantitative estimate of drug-likeness (QED) is 0.847. The summed E-state index contributed by atoms with van der Waals surface area (Å²) in [6.07, 6.45) is 0. The molecule has 0 aliphatic heterocycles. The number of anilines is 2. The summed E-state index contributed by atoms with van der Waals surface area (Å²) in [4.78, 5) is 13.3. The SMILES string of the molecule is Cc1cc(C)cc(N(C)Cc2ccc(C(N)=O)cc2N)c1. The number of carbonyl (C=O) groups excluding carboxylic acids is 1. The molecule has 21 heavy (non-hydrogen) atoms. The molecular formula is C17H21N3O. The number of nitrogen functional groups attached to an aromatic ring is 1. The number of hydrogen-bond donors (Lipinski definition) is 2. The van der Waals surface area contributed by atoms with E-state index in [1.807, 2.05) is 13.1 Å². The molecule has 0 aliphatic carbocycles. The lowest BCUT2D eigenvalue weighted by Crippen LogP contribution is -2.18. The molecule has 0 heterocycles. The van der Waals surface area contributed by atoms with Gasteiger partial charge in [-0.15, -0.1) is 0 Å². The lowest BCUT2D eigenvalue weighted by molar-refractivity contribution is 0.100. The van der Waals surface area contributed by atoms with Crippen molar-refractivity contribution in [3.8, 4) is 0 Å². The summed E-state index contributed by atoms with van der Waals surface area (Å²) in [6, 6.07) is 11.6. The average Bonchev–Trinajstić information content (AvgIpc) is 2.39. The van der Waals surface area contributed by atoms with E-state index in [-0.39, 0.29) is 0 Å². The van der Waals surface area contributed by atoms with Crippen LogP contribution in [-0.4, -0.2) is 13.0 Å². The Labute approximate surface area is 125 Å². The van der Waals surface area contributed by atoms with E-state index in [9.17, 15) is 4.79 Å². The van der Waals surface area contributed by atoms with Crippen LogP contribution in [0.1, 0.15) is 27.0 Å². The zero-order valence-electron chi connectivity index (χ0n) is 12.7. The molecule has 0 atom stereocenters. The van der Waals surface area contributed by atoms with Gasteiger partial charge in [-0.3, -0.25) is 4.79 Å². The maximum Gasteiger partial charge on any atom is 0.248 e. The van der Waals surface area contributed by atoms with Gasteiger partial charge in [0.2, 0.25) is 5.91 Å². The van der Waals surface area contributed by atoms with E-state index < -0.39 is 5.91 Å². The van der Waals surface area contributed by atoms with Crippen LogP contribution in [0.25, 0.3) is 0 Å². The number of amides is 1. The zero-order chi connectivity index (χ0) is 15.6. The van der Waals surface area contributed by atoms with E-state index in [0.29, 0.717) is 17.8 Å². The van der Waals surface area contributed by atoms with Crippen molar-refractivity contribution in [1.82, 2.24) is 0 Å². The van der Waals surface area contributed by atoms with Gasteiger partial charge in [-0.2, -0.15) is 0 Å². The molecule has 0 aromatic heterocycles. The normalized spacial score (nSPS) is 10.4. The van der Waals surface area contributed by atoms with Crippen LogP contribution in [0.2, 0.25) is 0 Å². The lowest BCUT2D eigenvalue weighted by atomic mass is 10.1. The standard InChI is InChI=1S/C17H21N3O/c1-11-6-12(2)8-15(7-11)20(3)10-14-5-4-13(17(19)21)9-16(14)18/h4-9H,10,18H2,1-3H3,(H2,19,21). The Morgan fingerprint density at radius 3 is 2.24 bits per heavy atom. The van der Waals surface area contributed by atoms with Crippen LogP contribution < -0.4 is 16.4 Å². The highest BCUT2D eigenvalue weighted by Crippen LogP contribution is 2.22. The van der Waals surface area contributed by atoms with Gasteiger partial charge in [-0.05, 0) is 54.8 Å². The van der Waals surface area contributed by atoms with Gasteiger partial charge in [-0.1, -0.05) is 12.1 Å². The molecule has 0 radical (unpaired) electrons. The third-order valence-electron chi connectivity index (χ3n) is 3.49. The smallest absolute Gasteiger partial charge is 0.248 e. The molecule has 110 valence electrons. The lowest BCUT2D eigenvalue weighted by Gasteiger charge is -2.21. The van der Waals surface area contributed by atoms with Crippen molar-refractivity contribution in [2.45, 2.75) is 20.4 Å². The fourth-order valence-electron chi connectivity index (χ4n) is 2.41. The Hall–Kier alpha value is -2.49. The van der Waals surface area contributed by atoms with Gasteiger partial charge in [0.05, 0.1) is 0 Å². The molecule has 2 aromatic carbocycles. The van der Waals surface area contributed by atoms with Crippen molar-refractivity contribution in [3.63, 3.8) is 0 Å². The highest BCUT2D eigenvalue weighted by Gasteiger charge is 2.08. The largest absolute Gasteiger partial charge is 0.398 e. The predicted octanol–water partition coefficient (Wildman–Crippen LogP) is 2.62. The molecule has 2 aromatic rings. The Morgan fingerprint density at radius 1 is 1.10 bits per heavy atom. The van der Waals surface area contributed by atoms with Crippen molar-refractivity contribution in [2.75, 3.05) is 17.7 Å². The zero-order valence-corrected chi connectivity index (χ0v) is 12.7. The second-order valence-electron chi connectivity index (χ2n) is 5.48. The van der Waals surface area contributed by atoms with Crippen LogP contribution in [0.4, 0.5) is 11.4 Å². The van der Waals surface area contributed by atoms with E-state index in [4.69, 9.17) is 11.5 Å². The fourth-order valence-corrected chi connectivity index (χ4v) is 2.41. The van der Waals surface area contributed by atoms with Gasteiger partial charge in [0.1, 0.15) is 0 Å². The average molecular weight is 283 g/mol. The second-order valence-corrected chi connectivity index (χ2v) is 5.48. The molecular weight excluding hydrogens is 262 g/mol. The minimum atomic E-state index is -0.462. The first-order valence-electron chi connectivity index (χ1n) is 6.84. The molecule has 2 rings (SSSR count). The minimum absolute atomic E-state index is 0.435. The maximum absolute atomic E-state index is 11.1. The highest BCUT2D eigenvalue weighted by atomic mass is 16.1. The van der Waals surface area contributed by atoms with Crippen molar-refractivity contribution in [3.05, 3.63) is 58.7 Å². The van der Waals surface area contributed by atoms with Gasteiger partial charge < -0.3 is 16.4 Å². The predicted molar refractivity (Wildman–Crippen MR) is 87.4 cm³/mol. The van der Waals surface area contributed by atoms with Gasteiger partial charge in [0.15, 0.2) is 0 Å². The summed E-state index contributed by atoms with van der Waals surface area (Å²) in [6.45, 7) is 4.84. The first-order chi connectivity index (χ1) is 9.86. The van der Waals surface area contributed by atoms with E-state index in [1.165, 1.54) is 11.1 Å². The van der Waals surface area contributed by atoms with Crippen molar-refractivity contribution in [2.24, 2.45) is 5.73 Å². The summed E-state index contributed by atoms with van der Waals surface area (Å²) in [7, 11) is 2.02. The molecule has 0 spiro atoms. The molecule has 0 saturated heterocycles. The molecule has 0 unspecified atom stereocenters.